The Labute approximate surface area is 147 Å². The summed E-state index contributed by atoms with van der Waals surface area (Å²) in [7, 11) is -3.43. The fraction of sp³-hybridized carbons (Fsp3) is 0.333. The number of rotatable bonds is 6. The third kappa shape index (κ3) is 4.79. The predicted molar refractivity (Wildman–Crippen MR) is 98.2 cm³/mol. The number of aryl methyl sites for hydroxylation is 2. The summed E-state index contributed by atoms with van der Waals surface area (Å²) in [5.74, 6) is 0.198. The summed E-state index contributed by atoms with van der Waals surface area (Å²) in [5.41, 5.74) is 3.27. The third-order valence-corrected chi connectivity index (χ3v) is 5.63. The summed E-state index contributed by atoms with van der Waals surface area (Å²) >= 11 is 0. The van der Waals surface area contributed by atoms with E-state index < -0.39 is 10.0 Å². The Hall–Kier alpha value is -2.41. The van der Waals surface area contributed by atoms with Gasteiger partial charge in [-0.1, -0.05) is 6.07 Å². The van der Waals surface area contributed by atoms with E-state index in [0.29, 0.717) is 11.3 Å². The van der Waals surface area contributed by atoms with E-state index >= 15 is 0 Å². The van der Waals surface area contributed by atoms with E-state index in [1.54, 1.807) is 6.07 Å². The zero-order valence-electron chi connectivity index (χ0n) is 14.2. The normalized spacial score (nSPS) is 14.2. The number of pyridine rings is 1. The van der Waals surface area contributed by atoms with Gasteiger partial charge in [0.2, 0.25) is 10.0 Å². The molecule has 1 amide bonds. The first-order valence-corrected chi connectivity index (χ1v) is 9.83. The Balaban J connectivity index is 1.71. The van der Waals surface area contributed by atoms with Gasteiger partial charge in [0.25, 0.3) is 5.91 Å². The van der Waals surface area contributed by atoms with Crippen molar-refractivity contribution in [1.82, 2.24) is 4.98 Å². The van der Waals surface area contributed by atoms with E-state index in [-0.39, 0.29) is 23.4 Å². The SMILES string of the molecule is Cc1ccc(NC(=O)c2ccnc(NS(=O)(=O)CC3CC3)c2)cc1C. The lowest BCUT2D eigenvalue weighted by atomic mass is 10.1. The van der Waals surface area contributed by atoms with Crippen molar-refractivity contribution in [1.29, 1.82) is 0 Å². The number of hydrogen-bond acceptors (Lipinski definition) is 4. The molecule has 25 heavy (non-hydrogen) atoms. The highest BCUT2D eigenvalue weighted by atomic mass is 32.2. The first kappa shape index (κ1) is 17.4. The minimum Gasteiger partial charge on any atom is -0.322 e. The molecule has 7 heteroatoms. The molecule has 1 heterocycles. The Bertz CT molecular complexity index is 906. The van der Waals surface area contributed by atoms with E-state index in [0.717, 1.165) is 24.0 Å². The van der Waals surface area contributed by atoms with E-state index in [1.807, 2.05) is 32.0 Å². The zero-order chi connectivity index (χ0) is 18.0. The van der Waals surface area contributed by atoms with Gasteiger partial charge in [0.05, 0.1) is 5.75 Å². The van der Waals surface area contributed by atoms with Crippen LogP contribution in [0, 0.1) is 19.8 Å². The van der Waals surface area contributed by atoms with Crippen LogP contribution in [0.3, 0.4) is 0 Å². The van der Waals surface area contributed by atoms with Gasteiger partial charge in [-0.2, -0.15) is 0 Å². The fourth-order valence-electron chi connectivity index (χ4n) is 2.45. The lowest BCUT2D eigenvalue weighted by Gasteiger charge is -2.10. The van der Waals surface area contributed by atoms with Gasteiger partial charge < -0.3 is 5.32 Å². The number of benzene rings is 1. The van der Waals surface area contributed by atoms with Crippen molar-refractivity contribution in [3.8, 4) is 0 Å². The number of carbonyl (C=O) groups excluding carboxylic acids is 1. The molecule has 0 spiro atoms. The van der Waals surface area contributed by atoms with Gasteiger partial charge in [-0.25, -0.2) is 13.4 Å². The second-order valence-corrected chi connectivity index (χ2v) is 8.28. The Morgan fingerprint density at radius 3 is 2.60 bits per heavy atom. The van der Waals surface area contributed by atoms with Crippen molar-refractivity contribution in [3.63, 3.8) is 0 Å². The molecule has 1 aliphatic carbocycles. The Kier molecular flexibility index (Phi) is 4.76. The second kappa shape index (κ2) is 6.84. The van der Waals surface area contributed by atoms with Crippen LogP contribution in [-0.2, 0) is 10.0 Å². The molecular formula is C18H21N3O3S. The van der Waals surface area contributed by atoms with Crippen LogP contribution in [0.25, 0.3) is 0 Å². The number of nitrogens with zero attached hydrogens (tertiary/aromatic N) is 1. The van der Waals surface area contributed by atoms with E-state index in [4.69, 9.17) is 0 Å². The van der Waals surface area contributed by atoms with Gasteiger partial charge in [0.15, 0.2) is 0 Å². The average Bonchev–Trinajstić information content (AvgIpc) is 3.34. The van der Waals surface area contributed by atoms with Crippen molar-refractivity contribution >= 4 is 27.4 Å². The van der Waals surface area contributed by atoms with E-state index in [9.17, 15) is 13.2 Å². The summed E-state index contributed by atoms with van der Waals surface area (Å²) < 4.78 is 26.5. The third-order valence-electron chi connectivity index (χ3n) is 4.20. The molecule has 2 N–H and O–H groups in total. The molecule has 0 radical (unpaired) electrons. The summed E-state index contributed by atoms with van der Waals surface area (Å²) in [6.45, 7) is 3.98. The maximum Gasteiger partial charge on any atom is 0.255 e. The van der Waals surface area contributed by atoms with Gasteiger partial charge in [-0.05, 0) is 68.0 Å². The highest BCUT2D eigenvalue weighted by Crippen LogP contribution is 2.30. The molecule has 0 bridgehead atoms. The molecule has 1 fully saturated rings. The van der Waals surface area contributed by atoms with Crippen molar-refractivity contribution in [2.75, 3.05) is 15.8 Å². The van der Waals surface area contributed by atoms with Crippen LogP contribution >= 0.6 is 0 Å². The number of hydrogen-bond donors (Lipinski definition) is 2. The first-order chi connectivity index (χ1) is 11.8. The van der Waals surface area contributed by atoms with Crippen LogP contribution < -0.4 is 10.0 Å². The molecule has 1 aromatic carbocycles. The molecule has 6 nitrogen and oxygen atoms in total. The molecule has 1 aliphatic rings. The molecule has 0 aliphatic heterocycles. The van der Waals surface area contributed by atoms with E-state index in [2.05, 4.69) is 15.0 Å². The smallest absolute Gasteiger partial charge is 0.255 e. The second-order valence-electron chi connectivity index (χ2n) is 6.51. The molecule has 132 valence electrons. The number of sulfonamides is 1. The van der Waals surface area contributed by atoms with Crippen LogP contribution in [0.5, 0.6) is 0 Å². The molecule has 0 atom stereocenters. The standard InChI is InChI=1S/C18H21N3O3S/c1-12-3-6-16(9-13(12)2)20-18(22)15-7-8-19-17(10-15)21-25(23,24)11-14-4-5-14/h3,6-10,14H,4-5,11H2,1-2H3,(H,19,21)(H,20,22). The summed E-state index contributed by atoms with van der Waals surface area (Å²) in [6, 6.07) is 8.67. The molecule has 2 aromatic rings. The van der Waals surface area contributed by atoms with Crippen molar-refractivity contribution in [2.45, 2.75) is 26.7 Å². The minimum atomic E-state index is -3.43. The van der Waals surface area contributed by atoms with Gasteiger partial charge in [-0.3, -0.25) is 9.52 Å². The largest absolute Gasteiger partial charge is 0.322 e. The Morgan fingerprint density at radius 2 is 1.92 bits per heavy atom. The first-order valence-electron chi connectivity index (χ1n) is 8.17. The van der Waals surface area contributed by atoms with Crippen molar-refractivity contribution < 1.29 is 13.2 Å². The lowest BCUT2D eigenvalue weighted by Crippen LogP contribution is -2.19. The van der Waals surface area contributed by atoms with Gasteiger partial charge in [0.1, 0.15) is 5.82 Å². The number of carbonyl (C=O) groups is 1. The van der Waals surface area contributed by atoms with Crippen LogP contribution in [0.4, 0.5) is 11.5 Å². The Morgan fingerprint density at radius 1 is 1.16 bits per heavy atom. The molecule has 0 unspecified atom stereocenters. The molecule has 3 rings (SSSR count). The zero-order valence-corrected chi connectivity index (χ0v) is 15.1. The monoisotopic (exact) mass is 359 g/mol. The van der Waals surface area contributed by atoms with E-state index in [1.165, 1.54) is 12.3 Å². The van der Waals surface area contributed by atoms with Crippen molar-refractivity contribution in [2.24, 2.45) is 5.92 Å². The minimum absolute atomic E-state index is 0.105. The highest BCUT2D eigenvalue weighted by Gasteiger charge is 2.28. The number of nitrogens with one attached hydrogen (secondary N) is 2. The summed E-state index contributed by atoms with van der Waals surface area (Å²) in [4.78, 5) is 16.4. The fourth-order valence-corrected chi connectivity index (χ4v) is 3.91. The van der Waals surface area contributed by atoms with Gasteiger partial charge >= 0.3 is 0 Å². The quantitative estimate of drug-likeness (QED) is 0.829. The number of amides is 1. The average molecular weight is 359 g/mol. The van der Waals surface area contributed by atoms with Gasteiger partial charge in [0, 0.05) is 17.4 Å². The number of anilines is 2. The van der Waals surface area contributed by atoms with Crippen LogP contribution in [0.15, 0.2) is 36.5 Å². The summed E-state index contributed by atoms with van der Waals surface area (Å²) in [5, 5.41) is 2.81. The molecule has 1 aromatic heterocycles. The maximum atomic E-state index is 12.4. The van der Waals surface area contributed by atoms with Crippen LogP contribution in [0.1, 0.15) is 34.3 Å². The highest BCUT2D eigenvalue weighted by molar-refractivity contribution is 7.92. The lowest BCUT2D eigenvalue weighted by molar-refractivity contribution is 0.102. The van der Waals surface area contributed by atoms with Gasteiger partial charge in [-0.15, -0.1) is 0 Å². The predicted octanol–water partition coefficient (Wildman–Crippen LogP) is 3.10. The van der Waals surface area contributed by atoms with Crippen LogP contribution in [-0.4, -0.2) is 25.1 Å². The maximum absolute atomic E-state index is 12.4. The molecular weight excluding hydrogens is 338 g/mol. The molecule has 1 saturated carbocycles. The topological polar surface area (TPSA) is 88.2 Å². The summed E-state index contributed by atoms with van der Waals surface area (Å²) in [6.07, 6.45) is 3.32. The van der Waals surface area contributed by atoms with Crippen LogP contribution in [0.2, 0.25) is 0 Å². The van der Waals surface area contributed by atoms with Crippen molar-refractivity contribution in [3.05, 3.63) is 53.2 Å². The number of aromatic nitrogens is 1. The molecule has 0 saturated heterocycles.